The molecule has 1 amide bonds. The fourth-order valence-electron chi connectivity index (χ4n) is 4.24. The molecule has 0 aromatic carbocycles. The number of rotatable bonds is 5. The minimum absolute atomic E-state index is 0.127. The SMILES string of the molecule is C[C@H](OC(=O)C1CCN(c2ccc(C(F)(F)F)cn2)CC1)C(=O)N[C@H]1CCCC[C@@H]1C. The number of pyridine rings is 1. The van der Waals surface area contributed by atoms with Crippen molar-refractivity contribution in [3.63, 3.8) is 0 Å². The highest BCUT2D eigenvalue weighted by molar-refractivity contribution is 5.84. The van der Waals surface area contributed by atoms with E-state index >= 15 is 0 Å². The molecule has 3 atom stereocenters. The van der Waals surface area contributed by atoms with Gasteiger partial charge in [0.05, 0.1) is 11.5 Å². The molecule has 1 saturated heterocycles. The topological polar surface area (TPSA) is 71.5 Å². The van der Waals surface area contributed by atoms with Crippen LogP contribution in [0.3, 0.4) is 0 Å². The lowest BCUT2D eigenvalue weighted by molar-refractivity contribution is -0.159. The van der Waals surface area contributed by atoms with Gasteiger partial charge in [-0.25, -0.2) is 4.98 Å². The number of carbonyl (C=O) groups is 2. The molecule has 9 heteroatoms. The van der Waals surface area contributed by atoms with Gasteiger partial charge in [0.25, 0.3) is 5.91 Å². The van der Waals surface area contributed by atoms with Crippen molar-refractivity contribution in [3.05, 3.63) is 23.9 Å². The number of amides is 1. The molecule has 1 aliphatic carbocycles. The molecule has 0 bridgehead atoms. The maximum atomic E-state index is 12.7. The van der Waals surface area contributed by atoms with Gasteiger partial charge in [-0.3, -0.25) is 9.59 Å². The van der Waals surface area contributed by atoms with Gasteiger partial charge in [0, 0.05) is 25.3 Å². The van der Waals surface area contributed by atoms with Crippen LogP contribution < -0.4 is 10.2 Å². The summed E-state index contributed by atoms with van der Waals surface area (Å²) in [4.78, 5) is 30.7. The van der Waals surface area contributed by atoms with Crippen molar-refractivity contribution in [1.82, 2.24) is 10.3 Å². The Bertz CT molecular complexity index is 762. The molecule has 6 nitrogen and oxygen atoms in total. The number of nitrogens with zero attached hydrogens (tertiary/aromatic N) is 2. The number of nitrogens with one attached hydrogen (secondary N) is 1. The number of ether oxygens (including phenoxy) is 1. The van der Waals surface area contributed by atoms with E-state index in [2.05, 4.69) is 17.2 Å². The van der Waals surface area contributed by atoms with Crippen LogP contribution in [0.4, 0.5) is 19.0 Å². The highest BCUT2D eigenvalue weighted by atomic mass is 19.4. The summed E-state index contributed by atoms with van der Waals surface area (Å²) in [5.41, 5.74) is -0.787. The van der Waals surface area contributed by atoms with Crippen LogP contribution in [0.15, 0.2) is 18.3 Å². The van der Waals surface area contributed by atoms with Gasteiger partial charge in [0.2, 0.25) is 0 Å². The third-order valence-corrected chi connectivity index (χ3v) is 6.33. The minimum Gasteiger partial charge on any atom is -0.452 e. The lowest BCUT2D eigenvalue weighted by Gasteiger charge is -2.33. The molecule has 0 radical (unpaired) electrons. The van der Waals surface area contributed by atoms with Crippen LogP contribution in [-0.4, -0.2) is 42.1 Å². The van der Waals surface area contributed by atoms with E-state index in [0.717, 1.165) is 31.5 Å². The van der Waals surface area contributed by atoms with Crippen molar-refractivity contribution in [2.45, 2.75) is 70.7 Å². The van der Waals surface area contributed by atoms with Crippen molar-refractivity contribution < 1.29 is 27.5 Å². The second kappa shape index (κ2) is 9.87. The average molecular weight is 441 g/mol. The molecule has 3 rings (SSSR count). The highest BCUT2D eigenvalue weighted by Gasteiger charge is 2.33. The van der Waals surface area contributed by atoms with Crippen LogP contribution in [-0.2, 0) is 20.5 Å². The minimum atomic E-state index is -4.42. The van der Waals surface area contributed by atoms with Gasteiger partial charge in [-0.1, -0.05) is 19.8 Å². The molecule has 0 unspecified atom stereocenters. The van der Waals surface area contributed by atoms with E-state index in [4.69, 9.17) is 4.74 Å². The van der Waals surface area contributed by atoms with Gasteiger partial charge in [0.1, 0.15) is 5.82 Å². The number of halogens is 3. The maximum Gasteiger partial charge on any atom is 0.417 e. The van der Waals surface area contributed by atoms with E-state index in [9.17, 15) is 22.8 Å². The summed E-state index contributed by atoms with van der Waals surface area (Å²) in [6, 6.07) is 2.48. The quantitative estimate of drug-likeness (QED) is 0.701. The summed E-state index contributed by atoms with van der Waals surface area (Å²) < 4.78 is 43.5. The Kier molecular flexibility index (Phi) is 7.43. The first-order chi connectivity index (χ1) is 14.6. The summed E-state index contributed by atoms with van der Waals surface area (Å²) in [6.45, 7) is 4.68. The van der Waals surface area contributed by atoms with E-state index in [1.54, 1.807) is 6.92 Å². The Hall–Kier alpha value is -2.32. The maximum absolute atomic E-state index is 12.7. The van der Waals surface area contributed by atoms with Crippen LogP contribution >= 0.6 is 0 Å². The Morgan fingerprint density at radius 3 is 2.42 bits per heavy atom. The summed E-state index contributed by atoms with van der Waals surface area (Å²) in [6.07, 6.45) is 0.856. The van der Waals surface area contributed by atoms with Crippen LogP contribution in [0, 0.1) is 11.8 Å². The smallest absolute Gasteiger partial charge is 0.417 e. The van der Waals surface area contributed by atoms with E-state index in [0.29, 0.717) is 37.7 Å². The number of aromatic nitrogens is 1. The van der Waals surface area contributed by atoms with Gasteiger partial charge in [-0.15, -0.1) is 0 Å². The molecule has 2 aliphatic rings. The van der Waals surface area contributed by atoms with Gasteiger partial charge in [-0.2, -0.15) is 13.2 Å². The number of alkyl halides is 3. The van der Waals surface area contributed by atoms with E-state index in [-0.39, 0.29) is 17.9 Å². The van der Waals surface area contributed by atoms with Crippen molar-refractivity contribution in [3.8, 4) is 0 Å². The molecule has 1 saturated carbocycles. The van der Waals surface area contributed by atoms with E-state index in [1.165, 1.54) is 12.5 Å². The second-order valence-corrected chi connectivity index (χ2v) is 8.62. The molecule has 31 heavy (non-hydrogen) atoms. The summed E-state index contributed by atoms with van der Waals surface area (Å²) in [5.74, 6) is -0.134. The normalized spacial score (nSPS) is 23.8. The lowest BCUT2D eigenvalue weighted by Crippen LogP contribution is -2.46. The van der Waals surface area contributed by atoms with Crippen molar-refractivity contribution >= 4 is 17.7 Å². The van der Waals surface area contributed by atoms with Gasteiger partial charge >= 0.3 is 12.1 Å². The largest absolute Gasteiger partial charge is 0.452 e. The van der Waals surface area contributed by atoms with E-state index in [1.807, 2.05) is 4.90 Å². The number of hydrogen-bond acceptors (Lipinski definition) is 5. The molecule has 1 aromatic rings. The monoisotopic (exact) mass is 441 g/mol. The Morgan fingerprint density at radius 1 is 1.16 bits per heavy atom. The predicted octanol–water partition coefficient (Wildman–Crippen LogP) is 3.94. The average Bonchev–Trinajstić information content (AvgIpc) is 2.75. The second-order valence-electron chi connectivity index (χ2n) is 8.62. The molecular weight excluding hydrogens is 411 g/mol. The lowest BCUT2D eigenvalue weighted by atomic mass is 9.86. The van der Waals surface area contributed by atoms with Crippen LogP contribution in [0.25, 0.3) is 0 Å². The fraction of sp³-hybridized carbons (Fsp3) is 0.682. The standard InChI is InChI=1S/C22H30F3N3O3/c1-14-5-3-4-6-18(14)27-20(29)15(2)31-21(30)16-9-11-28(12-10-16)19-8-7-17(13-26-19)22(23,24)25/h7-8,13-16,18H,3-6,9-12H2,1-2H3,(H,27,29)/t14-,15-,18-/m0/s1. The molecule has 0 spiro atoms. The molecule has 2 heterocycles. The summed E-state index contributed by atoms with van der Waals surface area (Å²) in [5, 5.41) is 3.01. The number of piperidine rings is 1. The zero-order chi connectivity index (χ0) is 22.6. The van der Waals surface area contributed by atoms with Crippen LogP contribution in [0.2, 0.25) is 0 Å². The highest BCUT2D eigenvalue weighted by Crippen LogP contribution is 2.30. The first-order valence-electron chi connectivity index (χ1n) is 10.9. The third kappa shape index (κ3) is 6.11. The predicted molar refractivity (Wildman–Crippen MR) is 109 cm³/mol. The zero-order valence-electron chi connectivity index (χ0n) is 18.0. The third-order valence-electron chi connectivity index (χ3n) is 6.33. The van der Waals surface area contributed by atoms with E-state index < -0.39 is 23.8 Å². The molecule has 1 aromatic heterocycles. The van der Waals surface area contributed by atoms with Crippen LogP contribution in [0.1, 0.15) is 57.9 Å². The number of esters is 1. The molecule has 1 N–H and O–H groups in total. The van der Waals surface area contributed by atoms with Crippen molar-refractivity contribution in [2.75, 3.05) is 18.0 Å². The zero-order valence-corrected chi connectivity index (χ0v) is 18.0. The van der Waals surface area contributed by atoms with Crippen LogP contribution in [0.5, 0.6) is 0 Å². The van der Waals surface area contributed by atoms with Crippen molar-refractivity contribution in [2.24, 2.45) is 11.8 Å². The first-order valence-corrected chi connectivity index (χ1v) is 10.9. The number of anilines is 1. The number of carbonyl (C=O) groups excluding carboxylic acids is 2. The van der Waals surface area contributed by atoms with Gasteiger partial charge in [0.15, 0.2) is 6.10 Å². The molecule has 1 aliphatic heterocycles. The summed E-state index contributed by atoms with van der Waals surface area (Å²) >= 11 is 0. The number of hydrogen-bond donors (Lipinski definition) is 1. The summed E-state index contributed by atoms with van der Waals surface area (Å²) in [7, 11) is 0. The van der Waals surface area contributed by atoms with Crippen molar-refractivity contribution in [1.29, 1.82) is 0 Å². The molecule has 172 valence electrons. The first kappa shape index (κ1) is 23.3. The van der Waals surface area contributed by atoms with Gasteiger partial charge < -0.3 is 15.0 Å². The van der Waals surface area contributed by atoms with Gasteiger partial charge in [-0.05, 0) is 50.7 Å². The molecular formula is C22H30F3N3O3. The Labute approximate surface area is 180 Å². The Morgan fingerprint density at radius 2 is 1.84 bits per heavy atom. The molecule has 2 fully saturated rings. The fourth-order valence-corrected chi connectivity index (χ4v) is 4.24. The Balaban J connectivity index is 1.45.